The molecule has 0 aromatic heterocycles. The number of unbranched alkanes of at least 4 members (excludes halogenated alkanes) is 1. The lowest BCUT2D eigenvalue weighted by Gasteiger charge is -2.25. The smallest absolute Gasteiger partial charge is 0.224 e. The first kappa shape index (κ1) is 27.5. The SMILES string of the molecule is CC(C)C.O=C(CCCCNCC(O)C(O)C(O)C(O)CO)Nc1ccccc1. The number of nitrogens with one attached hydrogen (secondary N) is 2. The number of amides is 1. The van der Waals surface area contributed by atoms with E-state index < -0.39 is 31.0 Å². The minimum Gasteiger partial charge on any atom is -0.394 e. The van der Waals surface area contributed by atoms with Crippen molar-refractivity contribution in [2.24, 2.45) is 5.92 Å². The van der Waals surface area contributed by atoms with E-state index >= 15 is 0 Å². The number of para-hydroxylation sites is 1. The van der Waals surface area contributed by atoms with Gasteiger partial charge in [-0.05, 0) is 37.4 Å². The number of carbonyl (C=O) groups excluding carboxylic acids is 1. The summed E-state index contributed by atoms with van der Waals surface area (Å²) in [5.41, 5.74) is 0.756. The van der Waals surface area contributed by atoms with Gasteiger partial charge in [0.2, 0.25) is 5.91 Å². The molecule has 0 bridgehead atoms. The Morgan fingerprint density at radius 1 is 0.931 bits per heavy atom. The van der Waals surface area contributed by atoms with E-state index in [1.54, 1.807) is 0 Å². The zero-order valence-corrected chi connectivity index (χ0v) is 17.7. The van der Waals surface area contributed by atoms with Crippen molar-refractivity contribution >= 4 is 11.6 Å². The Balaban J connectivity index is 0.00000178. The fourth-order valence-electron chi connectivity index (χ4n) is 2.21. The second-order valence-electron chi connectivity index (χ2n) is 7.61. The molecule has 4 atom stereocenters. The molecule has 0 heterocycles. The summed E-state index contributed by atoms with van der Waals surface area (Å²) in [5, 5.41) is 52.4. The minimum atomic E-state index is -1.62. The second kappa shape index (κ2) is 16.3. The van der Waals surface area contributed by atoms with E-state index in [0.717, 1.165) is 11.6 Å². The predicted octanol–water partition coefficient (Wildman–Crippen LogP) is 0.483. The third-order valence-electron chi connectivity index (χ3n) is 3.74. The van der Waals surface area contributed by atoms with E-state index in [0.29, 0.717) is 25.8 Å². The van der Waals surface area contributed by atoms with Gasteiger partial charge in [0.05, 0.1) is 12.7 Å². The van der Waals surface area contributed by atoms with E-state index in [2.05, 4.69) is 31.4 Å². The summed E-state index contributed by atoms with van der Waals surface area (Å²) in [6.07, 6.45) is -4.23. The molecule has 8 heteroatoms. The molecule has 1 amide bonds. The highest BCUT2D eigenvalue weighted by molar-refractivity contribution is 5.90. The van der Waals surface area contributed by atoms with Crippen molar-refractivity contribution in [3.63, 3.8) is 0 Å². The van der Waals surface area contributed by atoms with Crippen LogP contribution in [-0.2, 0) is 4.79 Å². The lowest BCUT2D eigenvalue weighted by atomic mass is 10.0. The van der Waals surface area contributed by atoms with Crippen molar-refractivity contribution in [1.29, 1.82) is 0 Å². The van der Waals surface area contributed by atoms with Crippen LogP contribution < -0.4 is 10.6 Å². The van der Waals surface area contributed by atoms with E-state index in [1.165, 1.54) is 0 Å². The third-order valence-corrected chi connectivity index (χ3v) is 3.74. The number of anilines is 1. The van der Waals surface area contributed by atoms with Crippen molar-refractivity contribution in [1.82, 2.24) is 5.32 Å². The normalized spacial score (nSPS) is 15.1. The molecule has 0 spiro atoms. The molecular weight excluding hydrogens is 376 g/mol. The fraction of sp³-hybridized carbons (Fsp3) is 0.667. The van der Waals surface area contributed by atoms with Gasteiger partial charge in [0, 0.05) is 18.7 Å². The summed E-state index contributed by atoms with van der Waals surface area (Å²) >= 11 is 0. The lowest BCUT2D eigenvalue weighted by Crippen LogP contribution is -2.49. The zero-order chi connectivity index (χ0) is 22.2. The van der Waals surface area contributed by atoms with Gasteiger partial charge in [0.15, 0.2) is 0 Å². The van der Waals surface area contributed by atoms with Gasteiger partial charge in [0.25, 0.3) is 0 Å². The maximum absolute atomic E-state index is 11.7. The number of benzene rings is 1. The van der Waals surface area contributed by atoms with Crippen LogP contribution in [0.15, 0.2) is 30.3 Å². The maximum Gasteiger partial charge on any atom is 0.224 e. The van der Waals surface area contributed by atoms with Crippen LogP contribution >= 0.6 is 0 Å². The molecule has 0 aliphatic rings. The topological polar surface area (TPSA) is 142 Å². The van der Waals surface area contributed by atoms with E-state index in [9.17, 15) is 25.2 Å². The van der Waals surface area contributed by atoms with Crippen molar-refractivity contribution in [2.75, 3.05) is 25.0 Å². The molecule has 29 heavy (non-hydrogen) atoms. The number of carbonyl (C=O) groups is 1. The summed E-state index contributed by atoms with van der Waals surface area (Å²) in [4.78, 5) is 11.7. The highest BCUT2D eigenvalue weighted by Crippen LogP contribution is 2.07. The lowest BCUT2D eigenvalue weighted by molar-refractivity contribution is -0.116. The maximum atomic E-state index is 11.7. The predicted molar refractivity (Wildman–Crippen MR) is 113 cm³/mol. The molecule has 0 radical (unpaired) electrons. The number of hydrogen-bond donors (Lipinski definition) is 7. The van der Waals surface area contributed by atoms with Gasteiger partial charge in [0.1, 0.15) is 18.3 Å². The highest BCUT2D eigenvalue weighted by Gasteiger charge is 2.29. The zero-order valence-electron chi connectivity index (χ0n) is 17.7. The average Bonchev–Trinajstić information content (AvgIpc) is 2.68. The van der Waals surface area contributed by atoms with Crippen molar-refractivity contribution in [2.45, 2.75) is 64.4 Å². The molecule has 4 unspecified atom stereocenters. The first-order valence-electron chi connectivity index (χ1n) is 10.1. The summed E-state index contributed by atoms with van der Waals surface area (Å²) in [6, 6.07) is 9.18. The van der Waals surface area contributed by atoms with Gasteiger partial charge in [-0.1, -0.05) is 39.0 Å². The quantitative estimate of drug-likeness (QED) is 0.247. The average molecular weight is 415 g/mol. The summed E-state index contributed by atoms with van der Waals surface area (Å²) in [5.74, 6) is 0.766. The Kier molecular flexibility index (Phi) is 15.4. The molecule has 0 aliphatic carbocycles. The number of rotatable bonds is 12. The molecule has 1 rings (SSSR count). The Hall–Kier alpha value is -1.55. The van der Waals surface area contributed by atoms with Crippen LogP contribution in [0.4, 0.5) is 5.69 Å². The van der Waals surface area contributed by atoms with E-state index in [-0.39, 0.29) is 12.5 Å². The Bertz CT molecular complexity index is 526. The van der Waals surface area contributed by atoms with Crippen LogP contribution in [0.1, 0.15) is 40.0 Å². The summed E-state index contributed by atoms with van der Waals surface area (Å²) in [6.45, 7) is 6.34. The van der Waals surface area contributed by atoms with Crippen molar-refractivity contribution in [3.8, 4) is 0 Å². The van der Waals surface area contributed by atoms with Crippen LogP contribution in [0.5, 0.6) is 0 Å². The molecule has 0 saturated heterocycles. The molecule has 0 saturated carbocycles. The van der Waals surface area contributed by atoms with Crippen LogP contribution in [0.25, 0.3) is 0 Å². The molecular formula is C21H38N2O6. The highest BCUT2D eigenvalue weighted by atomic mass is 16.4. The van der Waals surface area contributed by atoms with Gasteiger partial charge < -0.3 is 36.2 Å². The second-order valence-corrected chi connectivity index (χ2v) is 7.61. The summed E-state index contributed by atoms with van der Waals surface area (Å²) in [7, 11) is 0. The molecule has 0 fully saturated rings. The Morgan fingerprint density at radius 3 is 2.03 bits per heavy atom. The van der Waals surface area contributed by atoms with E-state index in [4.69, 9.17) is 5.11 Å². The van der Waals surface area contributed by atoms with Gasteiger partial charge in [-0.25, -0.2) is 0 Å². The van der Waals surface area contributed by atoms with Gasteiger partial charge >= 0.3 is 0 Å². The number of hydrogen-bond acceptors (Lipinski definition) is 7. The van der Waals surface area contributed by atoms with Gasteiger partial charge in [-0.3, -0.25) is 4.79 Å². The third kappa shape index (κ3) is 14.1. The summed E-state index contributed by atoms with van der Waals surface area (Å²) < 4.78 is 0. The van der Waals surface area contributed by atoms with E-state index in [1.807, 2.05) is 30.3 Å². The molecule has 0 aliphatic heterocycles. The van der Waals surface area contributed by atoms with Crippen molar-refractivity contribution in [3.05, 3.63) is 30.3 Å². The molecule has 1 aromatic rings. The first-order chi connectivity index (χ1) is 13.7. The van der Waals surface area contributed by atoms with Gasteiger partial charge in [-0.15, -0.1) is 0 Å². The van der Waals surface area contributed by atoms with Gasteiger partial charge in [-0.2, -0.15) is 0 Å². The van der Waals surface area contributed by atoms with Crippen LogP contribution in [0, 0.1) is 5.92 Å². The molecule has 168 valence electrons. The first-order valence-corrected chi connectivity index (χ1v) is 10.1. The van der Waals surface area contributed by atoms with Crippen LogP contribution in [-0.4, -0.2) is 75.6 Å². The molecule has 8 nitrogen and oxygen atoms in total. The Morgan fingerprint density at radius 2 is 1.48 bits per heavy atom. The molecule has 7 N–H and O–H groups in total. The number of aliphatic hydroxyl groups is 5. The van der Waals surface area contributed by atoms with Crippen LogP contribution in [0.2, 0.25) is 0 Å². The molecule has 1 aromatic carbocycles. The largest absolute Gasteiger partial charge is 0.394 e. The minimum absolute atomic E-state index is 0.0204. The van der Waals surface area contributed by atoms with Crippen LogP contribution in [0.3, 0.4) is 0 Å². The van der Waals surface area contributed by atoms with Crippen molar-refractivity contribution < 1.29 is 30.3 Å². The Labute approximate surface area is 173 Å². The standard InChI is InChI=1S/C17H28N2O6.C4H10/c20-11-14(22)17(25)16(24)13(21)10-18-9-5-4-8-15(23)19-12-6-2-1-3-7-12;1-4(2)3/h1-3,6-7,13-14,16-18,20-22,24-25H,4-5,8-11H2,(H,19,23);4H,1-3H3. The monoisotopic (exact) mass is 414 g/mol. The fourth-order valence-corrected chi connectivity index (χ4v) is 2.21. The number of aliphatic hydroxyl groups excluding tert-OH is 5.